The second kappa shape index (κ2) is 6.27. The highest BCUT2D eigenvalue weighted by molar-refractivity contribution is 7.98. The fraction of sp³-hybridized carbons (Fsp3) is 0.100. The van der Waals surface area contributed by atoms with Gasteiger partial charge in [0.05, 0.1) is 5.56 Å². The third-order valence-electron chi connectivity index (χ3n) is 1.97. The molecule has 90 valence electrons. The average molecular weight is 272 g/mol. The lowest BCUT2D eigenvalue weighted by Crippen LogP contribution is -1.95. The smallest absolute Gasteiger partial charge is 0.335 e. The van der Waals surface area contributed by atoms with E-state index in [-0.39, 0.29) is 12.4 Å². The molecule has 0 aliphatic carbocycles. The van der Waals surface area contributed by atoms with Crippen molar-refractivity contribution in [3.8, 4) is 0 Å². The van der Waals surface area contributed by atoms with Crippen molar-refractivity contribution in [2.24, 2.45) is 0 Å². The normalized spacial score (nSPS) is 9.65. The van der Waals surface area contributed by atoms with Crippen LogP contribution in [0.5, 0.6) is 0 Å². The van der Waals surface area contributed by atoms with Crippen LogP contribution >= 0.6 is 24.2 Å². The van der Waals surface area contributed by atoms with Gasteiger partial charge in [0.15, 0.2) is 5.16 Å². The van der Waals surface area contributed by atoms with Crippen molar-refractivity contribution >= 4 is 30.1 Å². The van der Waals surface area contributed by atoms with E-state index in [1.165, 1.54) is 18.1 Å². The van der Waals surface area contributed by atoms with Crippen molar-refractivity contribution in [2.45, 2.75) is 10.9 Å². The summed E-state index contributed by atoms with van der Waals surface area (Å²) >= 11 is 1.52. The number of hydrogen-bond donors (Lipinski definition) is 2. The number of carboxylic acids is 1. The van der Waals surface area contributed by atoms with Crippen molar-refractivity contribution in [2.75, 3.05) is 0 Å². The minimum atomic E-state index is -0.908. The van der Waals surface area contributed by atoms with Gasteiger partial charge in [-0.15, -0.1) is 12.4 Å². The summed E-state index contributed by atoms with van der Waals surface area (Å²) < 4.78 is 0. The fourth-order valence-corrected chi connectivity index (χ4v) is 1.89. The van der Waals surface area contributed by atoms with Crippen LogP contribution in [0.15, 0.2) is 35.7 Å². The first-order valence-corrected chi connectivity index (χ1v) is 5.54. The quantitative estimate of drug-likeness (QED) is 0.834. The van der Waals surface area contributed by atoms with Crippen molar-refractivity contribution in [3.05, 3.63) is 41.7 Å². The summed E-state index contributed by atoms with van der Waals surface area (Å²) in [5.41, 5.74) is 1.35. The van der Waals surface area contributed by atoms with Gasteiger partial charge in [0.2, 0.25) is 0 Å². The summed E-state index contributed by atoms with van der Waals surface area (Å²) in [6.07, 6.45) is 1.45. The van der Waals surface area contributed by atoms with Crippen LogP contribution < -0.4 is 0 Å². The number of aromatic nitrogens is 3. The number of thioether (sulfide) groups is 1. The highest BCUT2D eigenvalue weighted by Crippen LogP contribution is 2.18. The first kappa shape index (κ1) is 13.5. The van der Waals surface area contributed by atoms with E-state index in [0.29, 0.717) is 5.56 Å². The number of hydrogen-bond acceptors (Lipinski definition) is 4. The Balaban J connectivity index is 0.00000144. The maximum atomic E-state index is 10.6. The number of carbonyl (C=O) groups is 1. The van der Waals surface area contributed by atoms with Gasteiger partial charge in [-0.3, -0.25) is 5.10 Å². The molecule has 17 heavy (non-hydrogen) atoms. The first-order chi connectivity index (χ1) is 7.75. The van der Waals surface area contributed by atoms with Gasteiger partial charge >= 0.3 is 5.97 Å². The highest BCUT2D eigenvalue weighted by atomic mass is 35.5. The molecule has 2 rings (SSSR count). The van der Waals surface area contributed by atoms with E-state index in [0.717, 1.165) is 16.5 Å². The molecular formula is C10H10ClN3O2S. The molecule has 0 unspecified atom stereocenters. The second-order valence-electron chi connectivity index (χ2n) is 3.08. The molecule has 2 aromatic rings. The predicted molar refractivity (Wildman–Crippen MR) is 66.6 cm³/mol. The van der Waals surface area contributed by atoms with Gasteiger partial charge in [0.25, 0.3) is 0 Å². The molecule has 0 aliphatic rings. The zero-order valence-electron chi connectivity index (χ0n) is 8.66. The number of H-pyrrole nitrogens is 1. The van der Waals surface area contributed by atoms with E-state index >= 15 is 0 Å². The van der Waals surface area contributed by atoms with Crippen molar-refractivity contribution in [3.63, 3.8) is 0 Å². The van der Waals surface area contributed by atoms with Crippen molar-refractivity contribution in [1.29, 1.82) is 0 Å². The first-order valence-electron chi connectivity index (χ1n) is 4.56. The van der Waals surface area contributed by atoms with Gasteiger partial charge in [-0.2, -0.15) is 5.10 Å². The largest absolute Gasteiger partial charge is 0.478 e. The van der Waals surface area contributed by atoms with Crippen LogP contribution in [0.3, 0.4) is 0 Å². The molecule has 0 amide bonds. The Kier molecular flexibility index (Phi) is 4.99. The van der Waals surface area contributed by atoms with E-state index in [1.807, 2.05) is 0 Å². The summed E-state index contributed by atoms with van der Waals surface area (Å²) in [6, 6.07) is 6.79. The van der Waals surface area contributed by atoms with Gasteiger partial charge in [0, 0.05) is 5.75 Å². The molecule has 7 heteroatoms. The van der Waals surface area contributed by atoms with E-state index in [1.54, 1.807) is 24.3 Å². The van der Waals surface area contributed by atoms with E-state index in [2.05, 4.69) is 15.2 Å². The number of aromatic carboxylic acids is 1. The maximum Gasteiger partial charge on any atom is 0.335 e. The summed E-state index contributed by atoms with van der Waals surface area (Å²) in [6.45, 7) is 0. The summed E-state index contributed by atoms with van der Waals surface area (Å²) in [7, 11) is 0. The molecule has 0 bridgehead atoms. The maximum absolute atomic E-state index is 10.6. The van der Waals surface area contributed by atoms with Gasteiger partial charge in [0.1, 0.15) is 6.33 Å². The van der Waals surface area contributed by atoms with Gasteiger partial charge in [-0.1, -0.05) is 23.9 Å². The van der Waals surface area contributed by atoms with E-state index < -0.39 is 5.97 Å². The Morgan fingerprint density at radius 2 is 2.06 bits per heavy atom. The van der Waals surface area contributed by atoms with E-state index in [9.17, 15) is 4.79 Å². The number of aromatic amines is 1. The molecule has 0 saturated heterocycles. The van der Waals surface area contributed by atoms with Crippen LogP contribution in [-0.2, 0) is 5.75 Å². The number of benzene rings is 1. The SMILES string of the molecule is Cl.O=C(O)c1ccc(CSc2ncn[nH]2)cc1. The molecular weight excluding hydrogens is 262 g/mol. The lowest BCUT2D eigenvalue weighted by atomic mass is 10.1. The molecule has 0 aliphatic heterocycles. The predicted octanol–water partition coefficient (Wildman–Crippen LogP) is 2.22. The Morgan fingerprint density at radius 3 is 2.59 bits per heavy atom. The molecule has 0 fully saturated rings. The molecule has 0 saturated carbocycles. The Bertz CT molecular complexity index is 473. The Morgan fingerprint density at radius 1 is 1.35 bits per heavy atom. The minimum absolute atomic E-state index is 0. The lowest BCUT2D eigenvalue weighted by molar-refractivity contribution is 0.0697. The second-order valence-corrected chi connectivity index (χ2v) is 4.05. The van der Waals surface area contributed by atoms with Crippen LogP contribution in [0.25, 0.3) is 0 Å². The molecule has 0 atom stereocenters. The Labute approximate surface area is 108 Å². The third kappa shape index (κ3) is 3.76. The standard InChI is InChI=1S/C10H9N3O2S.ClH/c14-9(15)8-3-1-7(2-4-8)5-16-10-11-6-12-13-10;/h1-4,6H,5H2,(H,14,15)(H,11,12,13);1H. The van der Waals surface area contributed by atoms with Crippen LogP contribution in [0.4, 0.5) is 0 Å². The van der Waals surface area contributed by atoms with Crippen LogP contribution in [0, 0.1) is 0 Å². The molecule has 1 aromatic carbocycles. The van der Waals surface area contributed by atoms with Crippen molar-refractivity contribution < 1.29 is 9.90 Å². The molecule has 0 radical (unpaired) electrons. The lowest BCUT2D eigenvalue weighted by Gasteiger charge is -1.99. The van der Waals surface area contributed by atoms with Crippen LogP contribution in [0.1, 0.15) is 15.9 Å². The van der Waals surface area contributed by atoms with Gasteiger partial charge in [-0.05, 0) is 17.7 Å². The Hall–Kier alpha value is -1.53. The summed E-state index contributed by atoms with van der Waals surface area (Å²) in [5.74, 6) is -0.177. The number of halogens is 1. The molecule has 0 spiro atoms. The summed E-state index contributed by atoms with van der Waals surface area (Å²) in [5, 5.41) is 16.0. The monoisotopic (exact) mass is 271 g/mol. The summed E-state index contributed by atoms with van der Waals surface area (Å²) in [4.78, 5) is 14.6. The van der Waals surface area contributed by atoms with Gasteiger partial charge in [-0.25, -0.2) is 9.78 Å². The number of carboxylic acid groups (broad SMARTS) is 1. The highest BCUT2D eigenvalue weighted by Gasteiger charge is 2.02. The van der Waals surface area contributed by atoms with E-state index in [4.69, 9.17) is 5.11 Å². The molecule has 5 nitrogen and oxygen atoms in total. The number of rotatable bonds is 4. The molecule has 1 heterocycles. The van der Waals surface area contributed by atoms with Crippen LogP contribution in [0.2, 0.25) is 0 Å². The number of nitrogens with zero attached hydrogens (tertiary/aromatic N) is 2. The zero-order chi connectivity index (χ0) is 11.4. The topological polar surface area (TPSA) is 78.9 Å². The fourth-order valence-electron chi connectivity index (χ4n) is 1.16. The zero-order valence-corrected chi connectivity index (χ0v) is 10.3. The minimum Gasteiger partial charge on any atom is -0.478 e. The molecule has 1 aromatic heterocycles. The number of nitrogens with one attached hydrogen (secondary N) is 1. The van der Waals surface area contributed by atoms with Gasteiger partial charge < -0.3 is 5.11 Å². The van der Waals surface area contributed by atoms with Crippen molar-refractivity contribution in [1.82, 2.24) is 15.2 Å². The average Bonchev–Trinajstić information content (AvgIpc) is 2.80. The third-order valence-corrected chi connectivity index (χ3v) is 2.92. The molecule has 2 N–H and O–H groups in total. The van der Waals surface area contributed by atoms with Crippen LogP contribution in [-0.4, -0.2) is 26.3 Å².